The lowest BCUT2D eigenvalue weighted by Gasteiger charge is -2.24. The van der Waals surface area contributed by atoms with Crippen LogP contribution in [-0.2, 0) is 11.3 Å². The van der Waals surface area contributed by atoms with E-state index < -0.39 is 0 Å². The quantitative estimate of drug-likeness (QED) is 0.474. The zero-order chi connectivity index (χ0) is 14.4. The van der Waals surface area contributed by atoms with Crippen molar-refractivity contribution in [3.63, 3.8) is 0 Å². The number of aromatic nitrogens is 1. The molecule has 1 aromatic rings. The molecule has 0 aromatic carbocycles. The highest BCUT2D eigenvalue weighted by Crippen LogP contribution is 2.13. The van der Waals surface area contributed by atoms with Gasteiger partial charge in [0.25, 0.3) is 0 Å². The second kappa shape index (κ2) is 9.19. The maximum Gasteiger partial charge on any atom is 0.193 e. The molecule has 0 bridgehead atoms. The monoisotopic (exact) mass is 404 g/mol. The van der Waals surface area contributed by atoms with Crippen molar-refractivity contribution in [2.24, 2.45) is 10.9 Å². The smallest absolute Gasteiger partial charge is 0.193 e. The molecule has 1 atom stereocenters. The van der Waals surface area contributed by atoms with Gasteiger partial charge in [-0.1, -0.05) is 6.07 Å². The number of pyridine rings is 1. The van der Waals surface area contributed by atoms with Crippen molar-refractivity contribution in [1.29, 1.82) is 0 Å². The Bertz CT molecular complexity index is 461. The molecule has 1 aliphatic rings. The molecule has 1 unspecified atom stereocenters. The van der Waals surface area contributed by atoms with Gasteiger partial charge in [0.15, 0.2) is 5.96 Å². The Morgan fingerprint density at radius 1 is 1.52 bits per heavy atom. The van der Waals surface area contributed by atoms with Gasteiger partial charge in [0.05, 0.1) is 18.8 Å². The zero-order valence-electron chi connectivity index (χ0n) is 13.0. The van der Waals surface area contributed by atoms with Gasteiger partial charge in [-0.2, -0.15) is 0 Å². The molecule has 1 aromatic heterocycles. The van der Waals surface area contributed by atoms with Crippen LogP contribution >= 0.6 is 24.0 Å². The number of guanidine groups is 1. The number of hydrogen-bond donors (Lipinski definition) is 1. The van der Waals surface area contributed by atoms with Gasteiger partial charge in [0.2, 0.25) is 0 Å². The van der Waals surface area contributed by atoms with Crippen molar-refractivity contribution in [3.8, 4) is 0 Å². The molecule has 0 radical (unpaired) electrons. The fraction of sp³-hybridized carbons (Fsp3) is 0.600. The second-order valence-corrected chi connectivity index (χ2v) is 5.28. The SMILES string of the molecule is CN=C(NCc1cccc(C)n1)N(C)CC1CCOC1.I. The van der Waals surface area contributed by atoms with Crippen molar-refractivity contribution in [2.45, 2.75) is 19.9 Å². The Kier molecular flexibility index (Phi) is 7.95. The van der Waals surface area contributed by atoms with Crippen LogP contribution in [0.2, 0.25) is 0 Å². The van der Waals surface area contributed by atoms with Crippen LogP contribution in [0.25, 0.3) is 0 Å². The van der Waals surface area contributed by atoms with Gasteiger partial charge in [-0.25, -0.2) is 0 Å². The van der Waals surface area contributed by atoms with Gasteiger partial charge in [0, 0.05) is 38.9 Å². The molecule has 1 fully saturated rings. The van der Waals surface area contributed by atoms with Crippen molar-refractivity contribution < 1.29 is 4.74 Å². The maximum absolute atomic E-state index is 5.42. The van der Waals surface area contributed by atoms with E-state index in [1.54, 1.807) is 0 Å². The Morgan fingerprint density at radius 3 is 2.95 bits per heavy atom. The lowest BCUT2D eigenvalue weighted by atomic mass is 10.1. The van der Waals surface area contributed by atoms with E-state index in [-0.39, 0.29) is 24.0 Å². The van der Waals surface area contributed by atoms with Crippen LogP contribution in [0.15, 0.2) is 23.2 Å². The molecular formula is C15H25IN4O. The van der Waals surface area contributed by atoms with Gasteiger partial charge < -0.3 is 15.0 Å². The average molecular weight is 404 g/mol. The molecule has 21 heavy (non-hydrogen) atoms. The van der Waals surface area contributed by atoms with Crippen molar-refractivity contribution >= 4 is 29.9 Å². The van der Waals surface area contributed by atoms with Crippen LogP contribution in [-0.4, -0.2) is 49.7 Å². The summed E-state index contributed by atoms with van der Waals surface area (Å²) in [4.78, 5) is 11.0. The maximum atomic E-state index is 5.42. The first-order valence-corrected chi connectivity index (χ1v) is 7.11. The first-order chi connectivity index (χ1) is 9.69. The third kappa shape index (κ3) is 5.78. The van der Waals surface area contributed by atoms with E-state index >= 15 is 0 Å². The zero-order valence-corrected chi connectivity index (χ0v) is 15.3. The number of rotatable bonds is 4. The number of nitrogens with one attached hydrogen (secondary N) is 1. The summed E-state index contributed by atoms with van der Waals surface area (Å²) in [6.07, 6.45) is 1.14. The summed E-state index contributed by atoms with van der Waals surface area (Å²) >= 11 is 0. The highest BCUT2D eigenvalue weighted by Gasteiger charge is 2.18. The van der Waals surface area contributed by atoms with Crippen molar-refractivity contribution in [2.75, 3.05) is 33.9 Å². The molecule has 2 rings (SSSR count). The van der Waals surface area contributed by atoms with Crippen LogP contribution < -0.4 is 5.32 Å². The Labute approximate surface area is 144 Å². The number of ether oxygens (including phenoxy) is 1. The third-order valence-electron chi connectivity index (χ3n) is 3.50. The minimum Gasteiger partial charge on any atom is -0.381 e. The minimum absolute atomic E-state index is 0. The van der Waals surface area contributed by atoms with Crippen molar-refractivity contribution in [3.05, 3.63) is 29.6 Å². The number of aliphatic imine (C=N–C) groups is 1. The standard InChI is InChI=1S/C15H24N4O.HI/c1-12-5-4-6-14(18-12)9-17-15(16-2)19(3)10-13-7-8-20-11-13;/h4-6,13H,7-11H2,1-3H3,(H,16,17);1H. The van der Waals surface area contributed by atoms with Crippen LogP contribution in [0.5, 0.6) is 0 Å². The Morgan fingerprint density at radius 2 is 2.33 bits per heavy atom. The summed E-state index contributed by atoms with van der Waals surface area (Å²) < 4.78 is 5.42. The van der Waals surface area contributed by atoms with Crippen molar-refractivity contribution in [1.82, 2.24) is 15.2 Å². The first-order valence-electron chi connectivity index (χ1n) is 7.11. The Balaban J connectivity index is 0.00000220. The topological polar surface area (TPSA) is 49.8 Å². The molecular weight excluding hydrogens is 379 g/mol. The van der Waals surface area contributed by atoms with Gasteiger partial charge in [0.1, 0.15) is 0 Å². The van der Waals surface area contributed by atoms with Gasteiger partial charge in [-0.3, -0.25) is 9.98 Å². The highest BCUT2D eigenvalue weighted by atomic mass is 127. The number of hydrogen-bond acceptors (Lipinski definition) is 3. The first kappa shape index (κ1) is 18.2. The predicted octanol–water partition coefficient (Wildman–Crippen LogP) is 2.05. The molecule has 2 heterocycles. The van der Waals surface area contributed by atoms with E-state index in [0.29, 0.717) is 12.5 Å². The highest BCUT2D eigenvalue weighted by molar-refractivity contribution is 14.0. The van der Waals surface area contributed by atoms with Crippen LogP contribution in [0.4, 0.5) is 0 Å². The molecule has 1 saturated heterocycles. The molecule has 0 amide bonds. The molecule has 0 spiro atoms. The molecule has 1 N–H and O–H groups in total. The summed E-state index contributed by atoms with van der Waals surface area (Å²) in [5.41, 5.74) is 2.07. The summed E-state index contributed by atoms with van der Waals surface area (Å²) in [6.45, 7) is 5.42. The summed E-state index contributed by atoms with van der Waals surface area (Å²) in [5.74, 6) is 1.51. The van der Waals surface area contributed by atoms with E-state index in [0.717, 1.165) is 43.5 Å². The fourth-order valence-corrected chi connectivity index (χ4v) is 2.45. The van der Waals surface area contributed by atoms with E-state index in [2.05, 4.69) is 27.2 Å². The molecule has 118 valence electrons. The summed E-state index contributed by atoms with van der Waals surface area (Å²) in [6, 6.07) is 6.06. The third-order valence-corrected chi connectivity index (χ3v) is 3.50. The Hall–Kier alpha value is -0.890. The van der Waals surface area contributed by atoms with E-state index in [4.69, 9.17) is 4.74 Å². The lowest BCUT2D eigenvalue weighted by Crippen LogP contribution is -2.41. The van der Waals surface area contributed by atoms with Gasteiger partial charge in [-0.15, -0.1) is 24.0 Å². The summed E-state index contributed by atoms with van der Waals surface area (Å²) in [5, 5.41) is 3.36. The molecule has 5 nitrogen and oxygen atoms in total. The fourth-order valence-electron chi connectivity index (χ4n) is 2.45. The summed E-state index contributed by atoms with van der Waals surface area (Å²) in [7, 11) is 3.88. The predicted molar refractivity (Wildman–Crippen MR) is 96.1 cm³/mol. The van der Waals surface area contributed by atoms with E-state index in [1.807, 2.05) is 32.2 Å². The van der Waals surface area contributed by atoms with E-state index in [1.165, 1.54) is 0 Å². The van der Waals surface area contributed by atoms with Gasteiger partial charge in [-0.05, 0) is 25.5 Å². The minimum atomic E-state index is 0. The second-order valence-electron chi connectivity index (χ2n) is 5.28. The number of aryl methyl sites for hydroxylation is 1. The number of halogens is 1. The molecule has 0 saturated carbocycles. The van der Waals surface area contributed by atoms with Gasteiger partial charge >= 0.3 is 0 Å². The largest absolute Gasteiger partial charge is 0.381 e. The number of nitrogens with zero attached hydrogens (tertiary/aromatic N) is 3. The van der Waals surface area contributed by atoms with Crippen LogP contribution in [0.1, 0.15) is 17.8 Å². The molecule has 0 aliphatic carbocycles. The van der Waals surface area contributed by atoms with Crippen LogP contribution in [0, 0.1) is 12.8 Å². The van der Waals surface area contributed by atoms with E-state index in [9.17, 15) is 0 Å². The molecule has 1 aliphatic heterocycles. The average Bonchev–Trinajstić information content (AvgIpc) is 2.92. The molecule has 6 heteroatoms. The lowest BCUT2D eigenvalue weighted by molar-refractivity contribution is 0.181. The van der Waals surface area contributed by atoms with Crippen LogP contribution in [0.3, 0.4) is 0 Å². The normalized spacial score (nSPS) is 18.2.